The third-order valence-electron chi connectivity index (χ3n) is 2.65. The second kappa shape index (κ2) is 5.73. The maximum absolute atomic E-state index is 13.5. The van der Waals surface area contributed by atoms with E-state index < -0.39 is 5.82 Å². The van der Waals surface area contributed by atoms with Gasteiger partial charge in [0.1, 0.15) is 23.4 Å². The minimum absolute atomic E-state index is 0.00572. The van der Waals surface area contributed by atoms with Gasteiger partial charge in [-0.1, -0.05) is 17.7 Å². The number of benzene rings is 2. The summed E-state index contributed by atoms with van der Waals surface area (Å²) in [5.41, 5.74) is 1.91. The fraction of sp³-hybridized carbons (Fsp3) is 0.133. The van der Waals surface area contributed by atoms with Crippen LogP contribution in [0.15, 0.2) is 36.4 Å². The zero-order chi connectivity index (χ0) is 13.8. The molecule has 0 spiro atoms. The maximum Gasteiger partial charge on any atom is 0.144 e. The highest BCUT2D eigenvalue weighted by molar-refractivity contribution is 6.17. The third-order valence-corrected chi connectivity index (χ3v) is 2.94. The average molecular weight is 276 g/mol. The van der Waals surface area contributed by atoms with Crippen molar-refractivity contribution in [3.63, 3.8) is 0 Å². The van der Waals surface area contributed by atoms with Gasteiger partial charge in [0, 0.05) is 11.6 Å². The zero-order valence-corrected chi connectivity index (χ0v) is 11.0. The number of halogens is 2. The van der Waals surface area contributed by atoms with E-state index in [-0.39, 0.29) is 5.56 Å². The molecule has 2 rings (SSSR count). The molecule has 0 amide bonds. The van der Waals surface area contributed by atoms with Crippen LogP contribution in [0.25, 0.3) is 0 Å². The summed E-state index contributed by atoms with van der Waals surface area (Å²) in [5.74, 6) is 0.645. The fourth-order valence-electron chi connectivity index (χ4n) is 1.69. The molecule has 0 aliphatic heterocycles. The summed E-state index contributed by atoms with van der Waals surface area (Å²) in [7, 11) is 0. The maximum atomic E-state index is 13.5. The van der Waals surface area contributed by atoms with Crippen molar-refractivity contribution in [2.75, 3.05) is 0 Å². The van der Waals surface area contributed by atoms with Crippen LogP contribution in [0.3, 0.4) is 0 Å². The zero-order valence-electron chi connectivity index (χ0n) is 10.3. The topological polar surface area (TPSA) is 33.0 Å². The number of aryl methyl sites for hydroxylation is 1. The van der Waals surface area contributed by atoms with E-state index in [1.54, 1.807) is 18.2 Å². The largest absolute Gasteiger partial charge is 0.457 e. The highest BCUT2D eigenvalue weighted by Gasteiger charge is 2.07. The third kappa shape index (κ3) is 3.04. The van der Waals surface area contributed by atoms with Crippen molar-refractivity contribution in [3.05, 3.63) is 58.9 Å². The normalized spacial score (nSPS) is 10.0. The van der Waals surface area contributed by atoms with Crippen molar-refractivity contribution < 1.29 is 9.13 Å². The first-order valence-corrected chi connectivity index (χ1v) is 6.20. The second-order valence-electron chi connectivity index (χ2n) is 4.10. The summed E-state index contributed by atoms with van der Waals surface area (Å²) >= 11 is 5.85. The quantitative estimate of drug-likeness (QED) is 0.771. The fourth-order valence-corrected chi connectivity index (χ4v) is 1.90. The molecule has 0 radical (unpaired) electrons. The van der Waals surface area contributed by atoms with Gasteiger partial charge in [-0.3, -0.25) is 0 Å². The molecule has 0 N–H and O–H groups in total. The Morgan fingerprint density at radius 2 is 2.05 bits per heavy atom. The summed E-state index contributed by atoms with van der Waals surface area (Å²) in [4.78, 5) is 0. The van der Waals surface area contributed by atoms with Gasteiger partial charge in [0.25, 0.3) is 0 Å². The number of hydrogen-bond donors (Lipinski definition) is 0. The van der Waals surface area contributed by atoms with Crippen LogP contribution >= 0.6 is 11.6 Å². The molecule has 0 saturated carbocycles. The lowest BCUT2D eigenvalue weighted by atomic mass is 10.1. The summed E-state index contributed by atoms with van der Waals surface area (Å²) in [5, 5.41) is 8.66. The van der Waals surface area contributed by atoms with Gasteiger partial charge in [0.2, 0.25) is 0 Å². The standard InChI is InChI=1S/C15H11ClFNO/c1-10-2-5-15(12(6-10)8-16)19-13-4-3-11(9-18)14(17)7-13/h2-7H,8H2,1H3. The van der Waals surface area contributed by atoms with Gasteiger partial charge in [-0.25, -0.2) is 4.39 Å². The molecule has 2 nitrogen and oxygen atoms in total. The first kappa shape index (κ1) is 13.4. The molecule has 4 heteroatoms. The van der Waals surface area contributed by atoms with Crippen molar-refractivity contribution in [1.29, 1.82) is 5.26 Å². The van der Waals surface area contributed by atoms with Gasteiger partial charge in [-0.05, 0) is 25.1 Å². The van der Waals surface area contributed by atoms with E-state index >= 15 is 0 Å². The SMILES string of the molecule is Cc1ccc(Oc2ccc(C#N)c(F)c2)c(CCl)c1. The molecule has 2 aromatic rings. The van der Waals surface area contributed by atoms with Crippen LogP contribution < -0.4 is 4.74 Å². The van der Waals surface area contributed by atoms with E-state index in [2.05, 4.69) is 0 Å². The van der Waals surface area contributed by atoms with Crippen molar-refractivity contribution in [3.8, 4) is 17.6 Å². The number of nitrogens with zero attached hydrogens (tertiary/aromatic N) is 1. The molecule has 19 heavy (non-hydrogen) atoms. The molecular formula is C15H11ClFNO. The minimum Gasteiger partial charge on any atom is -0.457 e. The lowest BCUT2D eigenvalue weighted by Gasteiger charge is -2.10. The Morgan fingerprint density at radius 1 is 1.26 bits per heavy atom. The number of alkyl halides is 1. The van der Waals surface area contributed by atoms with Gasteiger partial charge in [0.05, 0.1) is 11.4 Å². The highest BCUT2D eigenvalue weighted by Crippen LogP contribution is 2.28. The van der Waals surface area contributed by atoms with Crippen LogP contribution in [-0.4, -0.2) is 0 Å². The summed E-state index contributed by atoms with van der Waals surface area (Å²) in [6.45, 7) is 1.96. The molecule has 0 fully saturated rings. The Morgan fingerprint density at radius 3 is 2.68 bits per heavy atom. The van der Waals surface area contributed by atoms with E-state index in [0.717, 1.165) is 11.1 Å². The Kier molecular flexibility index (Phi) is 4.03. The Labute approximate surface area is 116 Å². The number of rotatable bonds is 3. The second-order valence-corrected chi connectivity index (χ2v) is 4.37. The Bertz CT molecular complexity index is 649. The lowest BCUT2D eigenvalue weighted by Crippen LogP contribution is -1.92. The lowest BCUT2D eigenvalue weighted by molar-refractivity contribution is 0.472. The predicted octanol–water partition coefficient (Wildman–Crippen LogP) is 4.54. The first-order chi connectivity index (χ1) is 9.13. The van der Waals surface area contributed by atoms with Crippen LogP contribution in [0.5, 0.6) is 11.5 Å². The monoisotopic (exact) mass is 275 g/mol. The molecule has 2 aromatic carbocycles. The van der Waals surface area contributed by atoms with Gasteiger partial charge in [0.15, 0.2) is 0 Å². The molecule has 0 heterocycles. The summed E-state index contributed by atoms with van der Waals surface area (Å²) < 4.78 is 19.1. The molecule has 0 atom stereocenters. The minimum atomic E-state index is -0.598. The number of nitriles is 1. The van der Waals surface area contributed by atoms with Gasteiger partial charge in [-0.15, -0.1) is 11.6 Å². The van der Waals surface area contributed by atoms with Crippen molar-refractivity contribution >= 4 is 11.6 Å². The van der Waals surface area contributed by atoms with Gasteiger partial charge < -0.3 is 4.74 Å². The molecule has 96 valence electrons. The molecule has 0 aliphatic rings. The van der Waals surface area contributed by atoms with Gasteiger partial charge in [-0.2, -0.15) is 5.26 Å². The van der Waals surface area contributed by atoms with Crippen LogP contribution in [0.2, 0.25) is 0 Å². The molecule has 0 aliphatic carbocycles. The molecular weight excluding hydrogens is 265 g/mol. The predicted molar refractivity (Wildman–Crippen MR) is 71.9 cm³/mol. The summed E-state index contributed by atoms with van der Waals surface area (Å²) in [6.07, 6.45) is 0. The molecule has 0 bridgehead atoms. The van der Waals surface area contributed by atoms with Crippen LogP contribution in [0.4, 0.5) is 4.39 Å². The van der Waals surface area contributed by atoms with E-state index in [1.165, 1.54) is 12.1 Å². The van der Waals surface area contributed by atoms with Crippen molar-refractivity contribution in [2.45, 2.75) is 12.8 Å². The average Bonchev–Trinajstić information content (AvgIpc) is 2.41. The van der Waals surface area contributed by atoms with Crippen molar-refractivity contribution in [1.82, 2.24) is 0 Å². The van der Waals surface area contributed by atoms with Gasteiger partial charge >= 0.3 is 0 Å². The molecule has 0 aromatic heterocycles. The Balaban J connectivity index is 2.31. The Hall–Kier alpha value is -2.05. The van der Waals surface area contributed by atoms with E-state index in [4.69, 9.17) is 21.6 Å². The number of hydrogen-bond acceptors (Lipinski definition) is 2. The van der Waals surface area contributed by atoms with E-state index in [9.17, 15) is 4.39 Å². The number of ether oxygens (including phenoxy) is 1. The van der Waals surface area contributed by atoms with Crippen LogP contribution in [-0.2, 0) is 5.88 Å². The van der Waals surface area contributed by atoms with Crippen molar-refractivity contribution in [2.24, 2.45) is 0 Å². The van der Waals surface area contributed by atoms with Crippen LogP contribution in [0, 0.1) is 24.1 Å². The first-order valence-electron chi connectivity index (χ1n) is 5.67. The molecule has 0 saturated heterocycles. The summed E-state index contributed by atoms with van der Waals surface area (Å²) in [6, 6.07) is 11.5. The van der Waals surface area contributed by atoms with E-state index in [0.29, 0.717) is 17.4 Å². The molecule has 0 unspecified atom stereocenters. The highest BCUT2D eigenvalue weighted by atomic mass is 35.5. The van der Waals surface area contributed by atoms with E-state index in [1.807, 2.05) is 19.1 Å². The smallest absolute Gasteiger partial charge is 0.144 e. The van der Waals surface area contributed by atoms with Crippen LogP contribution in [0.1, 0.15) is 16.7 Å².